The van der Waals surface area contributed by atoms with Crippen molar-refractivity contribution >= 4 is 34.8 Å². The van der Waals surface area contributed by atoms with Crippen molar-refractivity contribution in [1.29, 1.82) is 0 Å². The molecular formula is C21H19Cl2F2NO. The first kappa shape index (κ1) is 18.7. The van der Waals surface area contributed by atoms with Crippen LogP contribution in [0.3, 0.4) is 0 Å². The SMILES string of the molecule is O=C(CC1(F)CC1)Nc1c(Cl)cc2c(c1Cl)CC(c1ccc(F)cc1)CC2. The zero-order valence-corrected chi connectivity index (χ0v) is 16.1. The lowest BCUT2D eigenvalue weighted by atomic mass is 9.80. The Morgan fingerprint density at radius 2 is 1.93 bits per heavy atom. The lowest BCUT2D eigenvalue weighted by Gasteiger charge is -2.27. The van der Waals surface area contributed by atoms with E-state index >= 15 is 0 Å². The first-order valence-corrected chi connectivity index (χ1v) is 9.84. The summed E-state index contributed by atoms with van der Waals surface area (Å²) >= 11 is 12.9. The fourth-order valence-corrected chi connectivity index (χ4v) is 4.42. The fraction of sp³-hybridized carbons (Fsp3) is 0.381. The number of fused-ring (bicyclic) bond motifs is 1. The van der Waals surface area contributed by atoms with E-state index in [1.54, 1.807) is 12.1 Å². The first-order valence-electron chi connectivity index (χ1n) is 9.09. The molecule has 1 unspecified atom stereocenters. The molecule has 0 aliphatic heterocycles. The lowest BCUT2D eigenvalue weighted by Crippen LogP contribution is -2.20. The quantitative estimate of drug-likeness (QED) is 0.636. The standard InChI is InChI=1S/C21H19Cl2F2NO/c22-17-10-14-2-1-13(12-3-5-15(24)6-4-12)9-16(14)19(23)20(17)26-18(27)11-21(25)7-8-21/h3-6,10,13H,1-2,7-9,11H2,(H,26,27). The third-order valence-corrected chi connectivity index (χ3v) is 6.22. The molecule has 27 heavy (non-hydrogen) atoms. The smallest absolute Gasteiger partial charge is 0.227 e. The topological polar surface area (TPSA) is 29.1 Å². The molecule has 1 atom stereocenters. The number of benzene rings is 2. The highest BCUT2D eigenvalue weighted by molar-refractivity contribution is 6.40. The molecule has 142 valence electrons. The van der Waals surface area contributed by atoms with Gasteiger partial charge in [-0.3, -0.25) is 4.79 Å². The maximum atomic E-state index is 13.8. The van der Waals surface area contributed by atoms with Gasteiger partial charge in [0.1, 0.15) is 11.5 Å². The number of alkyl halides is 1. The number of hydrogen-bond acceptors (Lipinski definition) is 1. The molecule has 2 aromatic rings. The van der Waals surface area contributed by atoms with Crippen molar-refractivity contribution < 1.29 is 13.6 Å². The van der Waals surface area contributed by atoms with E-state index < -0.39 is 11.6 Å². The van der Waals surface area contributed by atoms with E-state index in [0.29, 0.717) is 35.0 Å². The largest absolute Gasteiger partial charge is 0.323 e. The number of amides is 1. The van der Waals surface area contributed by atoms with Crippen LogP contribution in [0.1, 0.15) is 48.3 Å². The van der Waals surface area contributed by atoms with Crippen LogP contribution >= 0.6 is 23.2 Å². The van der Waals surface area contributed by atoms with Crippen molar-refractivity contribution in [2.75, 3.05) is 5.32 Å². The Labute approximate surface area is 166 Å². The van der Waals surface area contributed by atoms with Gasteiger partial charge in [0.25, 0.3) is 0 Å². The summed E-state index contributed by atoms with van der Waals surface area (Å²) in [5.74, 6) is -0.448. The van der Waals surface area contributed by atoms with E-state index in [1.807, 2.05) is 6.07 Å². The van der Waals surface area contributed by atoms with Crippen LogP contribution in [-0.4, -0.2) is 11.6 Å². The monoisotopic (exact) mass is 409 g/mol. The molecule has 1 amide bonds. The normalized spacial score (nSPS) is 20.1. The molecule has 2 aliphatic carbocycles. The molecule has 0 radical (unpaired) electrons. The minimum atomic E-state index is -1.37. The highest BCUT2D eigenvalue weighted by Crippen LogP contribution is 2.45. The second kappa shape index (κ2) is 7.06. The maximum Gasteiger partial charge on any atom is 0.227 e. The molecule has 2 aliphatic rings. The second-order valence-electron chi connectivity index (χ2n) is 7.55. The van der Waals surface area contributed by atoms with Gasteiger partial charge in [0.15, 0.2) is 0 Å². The highest BCUT2D eigenvalue weighted by Gasteiger charge is 2.45. The van der Waals surface area contributed by atoms with Crippen molar-refractivity contribution in [2.45, 2.75) is 50.1 Å². The van der Waals surface area contributed by atoms with Crippen molar-refractivity contribution in [3.8, 4) is 0 Å². The zero-order chi connectivity index (χ0) is 19.2. The number of aryl methyl sites for hydroxylation is 1. The van der Waals surface area contributed by atoms with Crippen LogP contribution in [0, 0.1) is 5.82 Å². The van der Waals surface area contributed by atoms with Gasteiger partial charge in [-0.15, -0.1) is 0 Å². The van der Waals surface area contributed by atoms with Crippen LogP contribution in [0.5, 0.6) is 0 Å². The molecule has 0 saturated heterocycles. The number of hydrogen-bond donors (Lipinski definition) is 1. The third kappa shape index (κ3) is 3.97. The number of carbonyl (C=O) groups excluding carboxylic acids is 1. The highest BCUT2D eigenvalue weighted by atomic mass is 35.5. The van der Waals surface area contributed by atoms with Crippen molar-refractivity contribution in [2.24, 2.45) is 0 Å². The van der Waals surface area contributed by atoms with Crippen LogP contribution in [0.2, 0.25) is 10.0 Å². The summed E-state index contributed by atoms with van der Waals surface area (Å²) < 4.78 is 27.0. The lowest BCUT2D eigenvalue weighted by molar-refractivity contribution is -0.117. The Morgan fingerprint density at radius 1 is 1.22 bits per heavy atom. The average molecular weight is 410 g/mol. The Morgan fingerprint density at radius 3 is 2.59 bits per heavy atom. The molecule has 0 bridgehead atoms. The predicted molar refractivity (Wildman–Crippen MR) is 104 cm³/mol. The van der Waals surface area contributed by atoms with Gasteiger partial charge >= 0.3 is 0 Å². The van der Waals surface area contributed by atoms with Crippen LogP contribution in [0.4, 0.5) is 14.5 Å². The van der Waals surface area contributed by atoms with Crippen LogP contribution in [-0.2, 0) is 17.6 Å². The number of carbonyl (C=O) groups is 1. The van der Waals surface area contributed by atoms with Gasteiger partial charge in [-0.25, -0.2) is 8.78 Å². The van der Waals surface area contributed by atoms with E-state index in [4.69, 9.17) is 23.2 Å². The number of nitrogens with one attached hydrogen (secondary N) is 1. The minimum Gasteiger partial charge on any atom is -0.323 e. The summed E-state index contributed by atoms with van der Waals surface area (Å²) in [4.78, 5) is 12.2. The summed E-state index contributed by atoms with van der Waals surface area (Å²) in [6, 6.07) is 8.36. The second-order valence-corrected chi connectivity index (χ2v) is 8.34. The summed E-state index contributed by atoms with van der Waals surface area (Å²) in [6.45, 7) is 0. The molecule has 1 saturated carbocycles. The van der Waals surface area contributed by atoms with Crippen molar-refractivity contribution in [3.05, 3.63) is 62.9 Å². The average Bonchev–Trinajstić information content (AvgIpc) is 3.36. The van der Waals surface area contributed by atoms with Gasteiger partial charge < -0.3 is 5.32 Å². The summed E-state index contributed by atoms with van der Waals surface area (Å²) in [5.41, 5.74) is 2.05. The molecule has 6 heteroatoms. The number of halogens is 4. The molecule has 4 rings (SSSR count). The Kier molecular flexibility index (Phi) is 4.89. The summed E-state index contributed by atoms with van der Waals surface area (Å²) in [6.07, 6.45) is 3.08. The van der Waals surface area contributed by atoms with Gasteiger partial charge in [-0.05, 0) is 72.9 Å². The van der Waals surface area contributed by atoms with Crippen molar-refractivity contribution in [1.82, 2.24) is 0 Å². The maximum absolute atomic E-state index is 13.8. The Bertz CT molecular complexity index is 894. The molecule has 1 fully saturated rings. The molecule has 0 heterocycles. The number of anilines is 1. The Balaban J connectivity index is 1.58. The molecule has 1 N–H and O–H groups in total. The zero-order valence-electron chi connectivity index (χ0n) is 14.6. The molecule has 2 nitrogen and oxygen atoms in total. The number of rotatable bonds is 4. The van der Waals surface area contributed by atoms with Gasteiger partial charge in [-0.1, -0.05) is 35.3 Å². The van der Waals surface area contributed by atoms with Gasteiger partial charge in [0, 0.05) is 0 Å². The summed E-state index contributed by atoms with van der Waals surface area (Å²) in [5, 5.41) is 3.48. The Hall–Kier alpha value is -1.65. The summed E-state index contributed by atoms with van der Waals surface area (Å²) in [7, 11) is 0. The molecular weight excluding hydrogens is 391 g/mol. The predicted octanol–water partition coefficient (Wildman–Crippen LogP) is 6.24. The van der Waals surface area contributed by atoms with Crippen LogP contribution < -0.4 is 5.32 Å². The van der Waals surface area contributed by atoms with Crippen LogP contribution in [0.25, 0.3) is 0 Å². The molecule has 2 aromatic carbocycles. The van der Waals surface area contributed by atoms with E-state index in [2.05, 4.69) is 5.32 Å². The van der Waals surface area contributed by atoms with Crippen LogP contribution in [0.15, 0.2) is 30.3 Å². The first-order chi connectivity index (χ1) is 12.8. The minimum absolute atomic E-state index is 0.172. The third-order valence-electron chi connectivity index (χ3n) is 5.50. The fourth-order valence-electron chi connectivity index (χ4n) is 3.75. The van der Waals surface area contributed by atoms with Gasteiger partial charge in [-0.2, -0.15) is 0 Å². The van der Waals surface area contributed by atoms with E-state index in [0.717, 1.165) is 29.5 Å². The van der Waals surface area contributed by atoms with E-state index in [-0.39, 0.29) is 18.2 Å². The molecule has 0 aromatic heterocycles. The van der Waals surface area contributed by atoms with E-state index in [9.17, 15) is 13.6 Å². The van der Waals surface area contributed by atoms with E-state index in [1.165, 1.54) is 12.1 Å². The van der Waals surface area contributed by atoms with Gasteiger partial charge in [0.2, 0.25) is 5.91 Å². The van der Waals surface area contributed by atoms with Crippen molar-refractivity contribution in [3.63, 3.8) is 0 Å². The molecule has 0 spiro atoms. The van der Waals surface area contributed by atoms with Gasteiger partial charge in [0.05, 0.1) is 22.2 Å².